The molecule has 0 spiro atoms. The van der Waals surface area contributed by atoms with Gasteiger partial charge >= 0.3 is 0 Å². The number of hydrogen-bond donors (Lipinski definition) is 0. The van der Waals surface area contributed by atoms with Crippen molar-refractivity contribution in [1.82, 2.24) is 9.80 Å². The van der Waals surface area contributed by atoms with Crippen molar-refractivity contribution < 1.29 is 0 Å². The van der Waals surface area contributed by atoms with Crippen LogP contribution in [0.1, 0.15) is 19.3 Å². The molecule has 0 aromatic carbocycles. The van der Waals surface area contributed by atoms with Crippen LogP contribution in [-0.4, -0.2) is 60.6 Å². The van der Waals surface area contributed by atoms with Gasteiger partial charge in [0.1, 0.15) is 0 Å². The van der Waals surface area contributed by atoms with Gasteiger partial charge in [-0.05, 0) is 26.4 Å². The molecule has 0 amide bonds. The molecule has 2 nitrogen and oxygen atoms in total. The van der Waals surface area contributed by atoms with E-state index >= 15 is 0 Å². The van der Waals surface area contributed by atoms with Crippen LogP contribution in [0.5, 0.6) is 0 Å². The fraction of sp³-hybridized carbons (Fsp3) is 1.00. The third kappa shape index (κ3) is 2.88. The Morgan fingerprint density at radius 3 is 2.64 bits per heavy atom. The summed E-state index contributed by atoms with van der Waals surface area (Å²) in [5.41, 5.74) is 0. The first-order valence-corrected chi connectivity index (χ1v) is 7.02. The summed E-state index contributed by atoms with van der Waals surface area (Å²) in [6.45, 7) is 5.26. The molecule has 2 fully saturated rings. The van der Waals surface area contributed by atoms with Gasteiger partial charge in [-0.3, -0.25) is 0 Å². The highest BCUT2D eigenvalue weighted by Crippen LogP contribution is 2.17. The summed E-state index contributed by atoms with van der Waals surface area (Å²) in [6, 6.07) is 0.840. The smallest absolute Gasteiger partial charge is 0.0220 e. The minimum absolute atomic E-state index is 0.840. The lowest BCUT2D eigenvalue weighted by atomic mass is 10.0. The topological polar surface area (TPSA) is 6.48 Å². The predicted molar refractivity (Wildman–Crippen MR) is 64.0 cm³/mol. The largest absolute Gasteiger partial charge is 0.302 e. The van der Waals surface area contributed by atoms with E-state index in [9.17, 15) is 0 Å². The highest BCUT2D eigenvalue weighted by Gasteiger charge is 2.22. The van der Waals surface area contributed by atoms with E-state index in [2.05, 4.69) is 28.6 Å². The van der Waals surface area contributed by atoms with Crippen LogP contribution in [0, 0.1) is 0 Å². The Labute approximate surface area is 92.0 Å². The molecule has 14 heavy (non-hydrogen) atoms. The van der Waals surface area contributed by atoms with Crippen LogP contribution in [-0.2, 0) is 0 Å². The van der Waals surface area contributed by atoms with Gasteiger partial charge in [-0.2, -0.15) is 11.8 Å². The molecule has 2 heterocycles. The van der Waals surface area contributed by atoms with Crippen LogP contribution in [0.25, 0.3) is 0 Å². The molecule has 0 bridgehead atoms. The van der Waals surface area contributed by atoms with Gasteiger partial charge in [0.2, 0.25) is 0 Å². The van der Waals surface area contributed by atoms with E-state index in [1.165, 1.54) is 56.9 Å². The highest BCUT2D eigenvalue weighted by atomic mass is 32.2. The predicted octanol–water partition coefficient (Wildman–Crippen LogP) is 1.52. The maximum absolute atomic E-state index is 2.66. The molecule has 3 heteroatoms. The Morgan fingerprint density at radius 2 is 1.93 bits per heavy atom. The maximum Gasteiger partial charge on any atom is 0.0220 e. The first-order chi connectivity index (χ1) is 6.86. The summed E-state index contributed by atoms with van der Waals surface area (Å²) in [5.74, 6) is 2.69. The Balaban J connectivity index is 1.76. The highest BCUT2D eigenvalue weighted by molar-refractivity contribution is 7.99. The minimum Gasteiger partial charge on any atom is -0.302 e. The van der Waals surface area contributed by atoms with Crippen molar-refractivity contribution in [3.05, 3.63) is 0 Å². The summed E-state index contributed by atoms with van der Waals surface area (Å²) in [7, 11) is 2.29. The summed E-state index contributed by atoms with van der Waals surface area (Å²) in [4.78, 5) is 5.22. The van der Waals surface area contributed by atoms with Crippen LogP contribution in [0.15, 0.2) is 0 Å². The van der Waals surface area contributed by atoms with Gasteiger partial charge in [0, 0.05) is 37.2 Å². The van der Waals surface area contributed by atoms with E-state index in [1.54, 1.807) is 0 Å². The molecule has 2 aliphatic heterocycles. The molecular formula is C11H22N2S. The van der Waals surface area contributed by atoms with Gasteiger partial charge in [0.25, 0.3) is 0 Å². The zero-order valence-electron chi connectivity index (χ0n) is 9.24. The van der Waals surface area contributed by atoms with Crippen molar-refractivity contribution in [2.45, 2.75) is 25.3 Å². The van der Waals surface area contributed by atoms with E-state index in [1.807, 2.05) is 0 Å². The molecule has 0 saturated carbocycles. The van der Waals surface area contributed by atoms with Gasteiger partial charge in [-0.1, -0.05) is 6.42 Å². The second kappa shape index (κ2) is 5.38. The van der Waals surface area contributed by atoms with Crippen molar-refractivity contribution in [3.8, 4) is 0 Å². The van der Waals surface area contributed by atoms with Crippen LogP contribution in [0.2, 0.25) is 0 Å². The minimum atomic E-state index is 0.840. The summed E-state index contributed by atoms with van der Waals surface area (Å²) >= 11 is 2.11. The van der Waals surface area contributed by atoms with E-state index in [4.69, 9.17) is 0 Å². The molecule has 82 valence electrons. The van der Waals surface area contributed by atoms with Gasteiger partial charge in [-0.25, -0.2) is 0 Å². The zero-order chi connectivity index (χ0) is 9.80. The van der Waals surface area contributed by atoms with Crippen LogP contribution in [0.4, 0.5) is 0 Å². The van der Waals surface area contributed by atoms with Crippen molar-refractivity contribution in [3.63, 3.8) is 0 Å². The van der Waals surface area contributed by atoms with Gasteiger partial charge in [0.05, 0.1) is 0 Å². The summed E-state index contributed by atoms with van der Waals surface area (Å²) in [5, 5.41) is 0. The fourth-order valence-electron chi connectivity index (χ4n) is 2.46. The first kappa shape index (κ1) is 10.8. The van der Waals surface area contributed by atoms with Crippen molar-refractivity contribution in [2.24, 2.45) is 0 Å². The van der Waals surface area contributed by atoms with Gasteiger partial charge in [-0.15, -0.1) is 0 Å². The van der Waals surface area contributed by atoms with Crippen molar-refractivity contribution in [1.29, 1.82) is 0 Å². The number of piperidine rings is 1. The Bertz CT molecular complexity index is 169. The lowest BCUT2D eigenvalue weighted by Crippen LogP contribution is -2.46. The summed E-state index contributed by atoms with van der Waals surface area (Å²) < 4.78 is 0. The SMILES string of the molecule is CN1CCCCC1CN1CCSCC1. The molecule has 2 rings (SSSR count). The Hall–Kier alpha value is 0.270. The molecule has 1 unspecified atom stereocenters. The molecule has 2 saturated heterocycles. The molecule has 0 aromatic heterocycles. The number of nitrogens with zero attached hydrogens (tertiary/aromatic N) is 2. The first-order valence-electron chi connectivity index (χ1n) is 5.86. The third-order valence-electron chi connectivity index (χ3n) is 3.49. The molecule has 0 aliphatic carbocycles. The van der Waals surface area contributed by atoms with Crippen molar-refractivity contribution in [2.75, 3.05) is 44.7 Å². The average molecular weight is 214 g/mol. The molecule has 0 N–H and O–H groups in total. The molecule has 1 atom stereocenters. The van der Waals surface area contributed by atoms with Crippen LogP contribution < -0.4 is 0 Å². The monoisotopic (exact) mass is 214 g/mol. The number of hydrogen-bond acceptors (Lipinski definition) is 3. The van der Waals surface area contributed by atoms with Crippen LogP contribution >= 0.6 is 11.8 Å². The van der Waals surface area contributed by atoms with E-state index in [-0.39, 0.29) is 0 Å². The molecule has 2 aliphatic rings. The van der Waals surface area contributed by atoms with Crippen LogP contribution in [0.3, 0.4) is 0 Å². The maximum atomic E-state index is 2.66. The van der Waals surface area contributed by atoms with E-state index in [0.717, 1.165) is 6.04 Å². The third-order valence-corrected chi connectivity index (χ3v) is 4.44. The van der Waals surface area contributed by atoms with E-state index < -0.39 is 0 Å². The average Bonchev–Trinajstić information content (AvgIpc) is 2.23. The van der Waals surface area contributed by atoms with Crippen molar-refractivity contribution >= 4 is 11.8 Å². The Kier molecular flexibility index (Phi) is 4.14. The molecule has 0 radical (unpaired) electrons. The normalized spacial score (nSPS) is 31.9. The number of likely N-dealkylation sites (N-methyl/N-ethyl adjacent to an activating group) is 1. The Morgan fingerprint density at radius 1 is 1.14 bits per heavy atom. The standard InChI is InChI=1S/C11H22N2S/c1-12-5-3-2-4-11(12)10-13-6-8-14-9-7-13/h11H,2-10H2,1H3. The molecular weight excluding hydrogens is 192 g/mol. The quantitative estimate of drug-likeness (QED) is 0.688. The lowest BCUT2D eigenvalue weighted by Gasteiger charge is -2.37. The second-order valence-corrected chi connectivity index (χ2v) is 5.77. The number of thioether (sulfide) groups is 1. The zero-order valence-corrected chi connectivity index (χ0v) is 10.1. The van der Waals surface area contributed by atoms with Gasteiger partial charge in [0.15, 0.2) is 0 Å². The second-order valence-electron chi connectivity index (χ2n) is 4.54. The fourth-order valence-corrected chi connectivity index (χ4v) is 3.44. The molecule has 0 aromatic rings. The van der Waals surface area contributed by atoms with E-state index in [0.29, 0.717) is 0 Å². The van der Waals surface area contributed by atoms with Gasteiger partial charge < -0.3 is 9.80 Å². The number of likely N-dealkylation sites (tertiary alicyclic amines) is 1. The number of rotatable bonds is 2. The summed E-state index contributed by atoms with van der Waals surface area (Å²) in [6.07, 6.45) is 4.26. The lowest BCUT2D eigenvalue weighted by molar-refractivity contribution is 0.134.